The first-order chi connectivity index (χ1) is 7.75. The monoisotopic (exact) mass is 215 g/mol. The van der Waals surface area contributed by atoms with Crippen molar-refractivity contribution in [2.24, 2.45) is 0 Å². The van der Waals surface area contributed by atoms with Crippen LogP contribution in [0.15, 0.2) is 30.5 Å². The first-order valence-electron chi connectivity index (χ1n) is 5.51. The van der Waals surface area contributed by atoms with Crippen molar-refractivity contribution in [2.45, 2.75) is 26.9 Å². The lowest BCUT2D eigenvalue weighted by Gasteiger charge is -2.06. The lowest BCUT2D eigenvalue weighted by atomic mass is 10.1. The van der Waals surface area contributed by atoms with E-state index in [0.717, 1.165) is 24.6 Å². The van der Waals surface area contributed by atoms with Crippen molar-refractivity contribution in [1.82, 2.24) is 15.3 Å². The van der Waals surface area contributed by atoms with E-state index in [0.29, 0.717) is 0 Å². The Bertz CT molecular complexity index is 460. The summed E-state index contributed by atoms with van der Waals surface area (Å²) >= 11 is 0. The van der Waals surface area contributed by atoms with Gasteiger partial charge in [0.2, 0.25) is 0 Å². The Morgan fingerprint density at radius 1 is 1.19 bits per heavy atom. The van der Waals surface area contributed by atoms with Crippen molar-refractivity contribution in [1.29, 1.82) is 0 Å². The number of hydrogen-bond donors (Lipinski definition) is 2. The van der Waals surface area contributed by atoms with Gasteiger partial charge < -0.3 is 10.3 Å². The second-order valence-electron chi connectivity index (χ2n) is 4.02. The molecule has 84 valence electrons. The van der Waals surface area contributed by atoms with Gasteiger partial charge in [-0.2, -0.15) is 0 Å². The lowest BCUT2D eigenvalue weighted by molar-refractivity contribution is 0.679. The molecule has 0 atom stereocenters. The maximum atomic E-state index is 4.16. The van der Waals surface area contributed by atoms with Crippen LogP contribution in [-0.2, 0) is 13.1 Å². The Kier molecular flexibility index (Phi) is 3.37. The molecule has 0 radical (unpaired) electrons. The Balaban J connectivity index is 1.87. The highest BCUT2D eigenvalue weighted by Crippen LogP contribution is 2.06. The first kappa shape index (κ1) is 10.9. The number of aromatic amines is 1. The third-order valence-electron chi connectivity index (χ3n) is 2.65. The van der Waals surface area contributed by atoms with Crippen LogP contribution in [0.1, 0.15) is 22.6 Å². The van der Waals surface area contributed by atoms with E-state index in [9.17, 15) is 0 Å². The number of benzene rings is 1. The van der Waals surface area contributed by atoms with Crippen molar-refractivity contribution >= 4 is 0 Å². The molecule has 0 spiro atoms. The summed E-state index contributed by atoms with van der Waals surface area (Å²) < 4.78 is 0. The van der Waals surface area contributed by atoms with Crippen LogP contribution in [0.3, 0.4) is 0 Å². The molecule has 0 saturated carbocycles. The van der Waals surface area contributed by atoms with Crippen molar-refractivity contribution < 1.29 is 0 Å². The van der Waals surface area contributed by atoms with E-state index in [-0.39, 0.29) is 0 Å². The van der Waals surface area contributed by atoms with Gasteiger partial charge in [0.05, 0.1) is 0 Å². The normalized spacial score (nSPS) is 10.6. The predicted molar refractivity (Wildman–Crippen MR) is 65.0 cm³/mol. The summed E-state index contributed by atoms with van der Waals surface area (Å²) in [6.07, 6.45) is 1.88. The molecule has 1 aromatic carbocycles. The molecule has 2 N–H and O–H groups in total. The number of nitrogens with one attached hydrogen (secondary N) is 2. The molecule has 3 nitrogen and oxygen atoms in total. The van der Waals surface area contributed by atoms with Crippen LogP contribution in [0.25, 0.3) is 0 Å². The molecule has 0 aliphatic rings. The summed E-state index contributed by atoms with van der Waals surface area (Å²) in [6.45, 7) is 5.82. The Labute approximate surface area is 95.9 Å². The molecule has 16 heavy (non-hydrogen) atoms. The fourth-order valence-corrected chi connectivity index (χ4v) is 1.70. The van der Waals surface area contributed by atoms with E-state index in [1.165, 1.54) is 11.1 Å². The van der Waals surface area contributed by atoms with Gasteiger partial charge in [-0.05, 0) is 25.0 Å². The SMILES string of the molecule is Cc1ncc(CNCc2ccccc2C)[nH]1. The summed E-state index contributed by atoms with van der Waals surface area (Å²) in [6, 6.07) is 8.43. The van der Waals surface area contributed by atoms with E-state index < -0.39 is 0 Å². The average molecular weight is 215 g/mol. The van der Waals surface area contributed by atoms with Gasteiger partial charge in [-0.25, -0.2) is 4.98 Å². The van der Waals surface area contributed by atoms with Crippen molar-refractivity contribution in [3.05, 3.63) is 53.1 Å². The van der Waals surface area contributed by atoms with Gasteiger partial charge in [0, 0.05) is 25.0 Å². The molecule has 0 unspecified atom stereocenters. The van der Waals surface area contributed by atoms with Gasteiger partial charge >= 0.3 is 0 Å². The third-order valence-corrected chi connectivity index (χ3v) is 2.65. The average Bonchev–Trinajstić information content (AvgIpc) is 2.67. The number of aromatic nitrogens is 2. The summed E-state index contributed by atoms with van der Waals surface area (Å²) in [4.78, 5) is 7.37. The predicted octanol–water partition coefficient (Wildman–Crippen LogP) is 2.32. The van der Waals surface area contributed by atoms with Crippen LogP contribution in [0, 0.1) is 13.8 Å². The molecule has 2 rings (SSSR count). The molecular formula is C13H17N3. The molecule has 1 aromatic heterocycles. The van der Waals surface area contributed by atoms with Crippen LogP contribution in [-0.4, -0.2) is 9.97 Å². The third kappa shape index (κ3) is 2.70. The molecule has 0 aliphatic heterocycles. The maximum absolute atomic E-state index is 4.16. The number of aryl methyl sites for hydroxylation is 2. The largest absolute Gasteiger partial charge is 0.345 e. The molecule has 0 fully saturated rings. The van der Waals surface area contributed by atoms with Crippen LogP contribution >= 0.6 is 0 Å². The Morgan fingerprint density at radius 2 is 2.00 bits per heavy atom. The van der Waals surface area contributed by atoms with Crippen LogP contribution in [0.4, 0.5) is 0 Å². The van der Waals surface area contributed by atoms with E-state index in [4.69, 9.17) is 0 Å². The smallest absolute Gasteiger partial charge is 0.103 e. The topological polar surface area (TPSA) is 40.7 Å². The van der Waals surface area contributed by atoms with Gasteiger partial charge in [0.25, 0.3) is 0 Å². The second kappa shape index (κ2) is 4.94. The fraction of sp³-hybridized carbons (Fsp3) is 0.308. The number of imidazole rings is 1. The summed E-state index contributed by atoms with van der Waals surface area (Å²) in [5.74, 6) is 0.965. The minimum absolute atomic E-state index is 0.829. The minimum Gasteiger partial charge on any atom is -0.345 e. The lowest BCUT2D eigenvalue weighted by Crippen LogP contribution is -2.13. The standard InChI is InChI=1S/C13H17N3/c1-10-5-3-4-6-12(10)7-14-8-13-9-15-11(2)16-13/h3-6,9,14H,7-8H2,1-2H3,(H,15,16). The van der Waals surface area contributed by atoms with Gasteiger partial charge in [-0.1, -0.05) is 24.3 Å². The molecule has 1 heterocycles. The molecule has 0 bridgehead atoms. The molecule has 0 amide bonds. The van der Waals surface area contributed by atoms with Crippen LogP contribution < -0.4 is 5.32 Å². The number of hydrogen-bond acceptors (Lipinski definition) is 2. The van der Waals surface area contributed by atoms with Crippen molar-refractivity contribution in [2.75, 3.05) is 0 Å². The van der Waals surface area contributed by atoms with Crippen LogP contribution in [0.2, 0.25) is 0 Å². The van der Waals surface area contributed by atoms with Gasteiger partial charge in [0.1, 0.15) is 5.82 Å². The molecular weight excluding hydrogens is 198 g/mol. The Morgan fingerprint density at radius 3 is 2.69 bits per heavy atom. The fourth-order valence-electron chi connectivity index (χ4n) is 1.70. The van der Waals surface area contributed by atoms with E-state index in [1.807, 2.05) is 13.1 Å². The summed E-state index contributed by atoms with van der Waals surface area (Å²) in [5, 5.41) is 3.40. The first-order valence-corrected chi connectivity index (χ1v) is 5.51. The second-order valence-corrected chi connectivity index (χ2v) is 4.02. The quantitative estimate of drug-likeness (QED) is 0.821. The van der Waals surface area contributed by atoms with Gasteiger partial charge in [-0.15, -0.1) is 0 Å². The number of H-pyrrole nitrogens is 1. The highest BCUT2D eigenvalue weighted by Gasteiger charge is 1.98. The van der Waals surface area contributed by atoms with E-state index >= 15 is 0 Å². The summed E-state index contributed by atoms with van der Waals surface area (Å²) in [5.41, 5.74) is 3.81. The zero-order chi connectivity index (χ0) is 11.4. The highest BCUT2D eigenvalue weighted by molar-refractivity contribution is 5.25. The molecule has 0 aliphatic carbocycles. The van der Waals surface area contributed by atoms with E-state index in [1.54, 1.807) is 0 Å². The molecule has 3 heteroatoms. The molecule has 0 saturated heterocycles. The van der Waals surface area contributed by atoms with Crippen molar-refractivity contribution in [3.8, 4) is 0 Å². The maximum Gasteiger partial charge on any atom is 0.103 e. The zero-order valence-corrected chi connectivity index (χ0v) is 9.75. The summed E-state index contributed by atoms with van der Waals surface area (Å²) in [7, 11) is 0. The number of rotatable bonds is 4. The van der Waals surface area contributed by atoms with Crippen LogP contribution in [0.5, 0.6) is 0 Å². The van der Waals surface area contributed by atoms with Gasteiger partial charge in [0.15, 0.2) is 0 Å². The van der Waals surface area contributed by atoms with Crippen molar-refractivity contribution in [3.63, 3.8) is 0 Å². The number of nitrogens with zero attached hydrogens (tertiary/aromatic N) is 1. The Hall–Kier alpha value is -1.61. The highest BCUT2D eigenvalue weighted by atomic mass is 15.0. The van der Waals surface area contributed by atoms with E-state index in [2.05, 4.69) is 46.5 Å². The minimum atomic E-state index is 0.829. The van der Waals surface area contributed by atoms with Gasteiger partial charge in [-0.3, -0.25) is 0 Å². The molecule has 2 aromatic rings. The zero-order valence-electron chi connectivity index (χ0n) is 9.75.